The molecule has 3 aliphatic rings. The normalized spacial score (nSPS) is 32.2. The van der Waals surface area contributed by atoms with E-state index in [2.05, 4.69) is 53.0 Å². The Morgan fingerprint density at radius 2 is 2.08 bits per heavy atom. The van der Waals surface area contributed by atoms with Crippen molar-refractivity contribution >= 4 is 5.96 Å². The molecule has 5 heteroatoms. The van der Waals surface area contributed by atoms with Crippen LogP contribution in [0.4, 0.5) is 0 Å². The molecule has 142 valence electrons. The number of aliphatic imine (C=N–C) groups is 1. The van der Waals surface area contributed by atoms with Crippen LogP contribution in [0.15, 0.2) is 17.1 Å². The van der Waals surface area contributed by atoms with Gasteiger partial charge in [-0.1, -0.05) is 39.3 Å². The number of hydrogen-bond acceptors (Lipinski definition) is 3. The maximum Gasteiger partial charge on any atom is 0.193 e. The SMILES string of the molecule is CCCCOC1CC(NC(=NC)N2CCC(N3CC=CC3)C2)C1(C)C. The quantitative estimate of drug-likeness (QED) is 0.346. The summed E-state index contributed by atoms with van der Waals surface area (Å²) in [6.45, 7) is 12.2. The van der Waals surface area contributed by atoms with Gasteiger partial charge in [-0.2, -0.15) is 0 Å². The number of guanidine groups is 1. The molecule has 0 radical (unpaired) electrons. The lowest BCUT2D eigenvalue weighted by Crippen LogP contribution is -2.63. The van der Waals surface area contributed by atoms with Gasteiger partial charge in [-0.3, -0.25) is 9.89 Å². The first kappa shape index (κ1) is 18.7. The minimum Gasteiger partial charge on any atom is -0.378 e. The summed E-state index contributed by atoms with van der Waals surface area (Å²) in [6, 6.07) is 1.11. The van der Waals surface area contributed by atoms with Crippen molar-refractivity contribution in [3.05, 3.63) is 12.2 Å². The van der Waals surface area contributed by atoms with Crippen LogP contribution in [0.2, 0.25) is 0 Å². The van der Waals surface area contributed by atoms with Crippen molar-refractivity contribution in [1.29, 1.82) is 0 Å². The molecule has 3 unspecified atom stereocenters. The predicted octanol–water partition coefficient (Wildman–Crippen LogP) is 2.49. The molecule has 0 aromatic heterocycles. The zero-order chi connectivity index (χ0) is 17.9. The van der Waals surface area contributed by atoms with Gasteiger partial charge in [0.25, 0.3) is 0 Å². The number of nitrogens with one attached hydrogen (secondary N) is 1. The van der Waals surface area contributed by atoms with E-state index in [0.29, 0.717) is 18.2 Å². The third-order valence-electron chi connectivity index (χ3n) is 6.34. The second-order valence-electron chi connectivity index (χ2n) is 8.33. The fourth-order valence-electron chi connectivity index (χ4n) is 4.26. The van der Waals surface area contributed by atoms with Crippen LogP contribution in [0.5, 0.6) is 0 Å². The predicted molar refractivity (Wildman–Crippen MR) is 104 cm³/mol. The molecule has 2 aliphatic heterocycles. The summed E-state index contributed by atoms with van der Waals surface area (Å²) in [5, 5.41) is 3.73. The standard InChI is InChI=1S/C20H36N4O/c1-5-6-13-25-18-14-17(20(18,2)3)22-19(21-4)24-12-9-16(15-24)23-10-7-8-11-23/h7-8,16-18H,5-6,9-15H2,1-4H3,(H,21,22). The molecule has 5 nitrogen and oxygen atoms in total. The van der Waals surface area contributed by atoms with Crippen LogP contribution in [0.3, 0.4) is 0 Å². The minimum absolute atomic E-state index is 0.168. The molecule has 0 amide bonds. The van der Waals surface area contributed by atoms with Gasteiger partial charge < -0.3 is 15.0 Å². The molecule has 3 atom stereocenters. The highest BCUT2D eigenvalue weighted by Gasteiger charge is 2.49. The van der Waals surface area contributed by atoms with Crippen LogP contribution in [-0.2, 0) is 4.74 Å². The molecule has 2 fully saturated rings. The lowest BCUT2D eigenvalue weighted by Gasteiger charge is -2.52. The molecule has 3 rings (SSSR count). The molecule has 2 heterocycles. The van der Waals surface area contributed by atoms with Crippen molar-refractivity contribution in [2.75, 3.05) is 39.8 Å². The fourth-order valence-corrected chi connectivity index (χ4v) is 4.26. The molecule has 1 saturated carbocycles. The van der Waals surface area contributed by atoms with E-state index < -0.39 is 0 Å². The van der Waals surface area contributed by atoms with E-state index in [1.54, 1.807) is 0 Å². The molecule has 0 bridgehead atoms. The Morgan fingerprint density at radius 1 is 1.32 bits per heavy atom. The van der Waals surface area contributed by atoms with Crippen LogP contribution < -0.4 is 5.32 Å². The summed E-state index contributed by atoms with van der Waals surface area (Å²) < 4.78 is 6.08. The second-order valence-corrected chi connectivity index (χ2v) is 8.33. The Balaban J connectivity index is 1.48. The molecular weight excluding hydrogens is 312 g/mol. The number of ether oxygens (including phenoxy) is 1. The summed E-state index contributed by atoms with van der Waals surface area (Å²) in [7, 11) is 1.91. The Morgan fingerprint density at radius 3 is 2.72 bits per heavy atom. The monoisotopic (exact) mass is 348 g/mol. The highest BCUT2D eigenvalue weighted by molar-refractivity contribution is 5.80. The van der Waals surface area contributed by atoms with Gasteiger partial charge in [0.1, 0.15) is 0 Å². The largest absolute Gasteiger partial charge is 0.378 e. The average molecular weight is 349 g/mol. The summed E-state index contributed by atoms with van der Waals surface area (Å²) in [4.78, 5) is 9.58. The maximum absolute atomic E-state index is 6.08. The highest BCUT2D eigenvalue weighted by Crippen LogP contribution is 2.43. The Bertz CT molecular complexity index is 494. The van der Waals surface area contributed by atoms with E-state index >= 15 is 0 Å². The van der Waals surface area contributed by atoms with Crippen molar-refractivity contribution in [3.8, 4) is 0 Å². The summed E-state index contributed by atoms with van der Waals surface area (Å²) >= 11 is 0. The van der Waals surface area contributed by atoms with Crippen LogP contribution >= 0.6 is 0 Å². The Kier molecular flexibility index (Phi) is 6.05. The molecular formula is C20H36N4O. The second kappa shape index (κ2) is 8.09. The van der Waals surface area contributed by atoms with E-state index in [0.717, 1.165) is 51.6 Å². The smallest absolute Gasteiger partial charge is 0.193 e. The first-order valence-corrected chi connectivity index (χ1v) is 10.0. The van der Waals surface area contributed by atoms with Crippen LogP contribution in [0.1, 0.15) is 46.5 Å². The summed E-state index contributed by atoms with van der Waals surface area (Å²) in [5.41, 5.74) is 0.168. The van der Waals surface area contributed by atoms with Crippen molar-refractivity contribution < 1.29 is 4.74 Å². The molecule has 1 N–H and O–H groups in total. The van der Waals surface area contributed by atoms with E-state index in [-0.39, 0.29) is 5.41 Å². The van der Waals surface area contributed by atoms with E-state index in [9.17, 15) is 0 Å². The minimum atomic E-state index is 0.168. The van der Waals surface area contributed by atoms with E-state index in [1.807, 2.05) is 7.05 Å². The van der Waals surface area contributed by atoms with Crippen LogP contribution in [0.25, 0.3) is 0 Å². The molecule has 25 heavy (non-hydrogen) atoms. The van der Waals surface area contributed by atoms with Crippen molar-refractivity contribution in [1.82, 2.24) is 15.1 Å². The molecule has 1 saturated heterocycles. The van der Waals surface area contributed by atoms with Gasteiger partial charge >= 0.3 is 0 Å². The van der Waals surface area contributed by atoms with Gasteiger partial charge in [0, 0.05) is 57.3 Å². The van der Waals surface area contributed by atoms with Gasteiger partial charge in [0.05, 0.1) is 6.10 Å². The Labute approximate surface area is 153 Å². The van der Waals surface area contributed by atoms with Crippen LogP contribution in [0, 0.1) is 5.41 Å². The zero-order valence-corrected chi connectivity index (χ0v) is 16.5. The third kappa shape index (κ3) is 4.03. The number of unbranched alkanes of at least 4 members (excludes halogenated alkanes) is 1. The van der Waals surface area contributed by atoms with Gasteiger partial charge in [-0.15, -0.1) is 0 Å². The average Bonchev–Trinajstić information content (AvgIpc) is 3.28. The number of rotatable bonds is 6. The van der Waals surface area contributed by atoms with Crippen molar-refractivity contribution in [3.63, 3.8) is 0 Å². The van der Waals surface area contributed by atoms with E-state index in [4.69, 9.17) is 4.74 Å². The summed E-state index contributed by atoms with van der Waals surface area (Å²) in [5.74, 6) is 1.07. The topological polar surface area (TPSA) is 40.1 Å². The molecule has 0 spiro atoms. The number of nitrogens with zero attached hydrogens (tertiary/aromatic N) is 3. The summed E-state index contributed by atoms with van der Waals surface area (Å²) in [6.07, 6.45) is 9.62. The number of likely N-dealkylation sites (tertiary alicyclic amines) is 1. The van der Waals surface area contributed by atoms with Crippen molar-refractivity contribution in [2.45, 2.75) is 64.6 Å². The van der Waals surface area contributed by atoms with Crippen molar-refractivity contribution in [2.24, 2.45) is 10.4 Å². The lowest BCUT2D eigenvalue weighted by molar-refractivity contribution is -0.114. The van der Waals surface area contributed by atoms with E-state index in [1.165, 1.54) is 12.8 Å². The highest BCUT2D eigenvalue weighted by atomic mass is 16.5. The fraction of sp³-hybridized carbons (Fsp3) is 0.850. The third-order valence-corrected chi connectivity index (χ3v) is 6.34. The van der Waals surface area contributed by atoms with Crippen LogP contribution in [-0.4, -0.2) is 73.8 Å². The molecule has 0 aromatic rings. The lowest BCUT2D eigenvalue weighted by atomic mass is 9.64. The molecule has 1 aliphatic carbocycles. The van der Waals surface area contributed by atoms with Gasteiger partial charge in [0.15, 0.2) is 5.96 Å². The Hall–Kier alpha value is -1.07. The first-order chi connectivity index (χ1) is 12.1. The zero-order valence-electron chi connectivity index (χ0n) is 16.5. The van der Waals surface area contributed by atoms with Gasteiger partial charge in [0.2, 0.25) is 0 Å². The molecule has 0 aromatic carbocycles. The first-order valence-electron chi connectivity index (χ1n) is 10.0. The van der Waals surface area contributed by atoms with Gasteiger partial charge in [-0.05, 0) is 19.3 Å². The van der Waals surface area contributed by atoms with Gasteiger partial charge in [-0.25, -0.2) is 0 Å². The maximum atomic E-state index is 6.08. The number of hydrogen-bond donors (Lipinski definition) is 1.